The van der Waals surface area contributed by atoms with E-state index in [-0.39, 0.29) is 17.3 Å². The molecule has 0 saturated carbocycles. The Labute approximate surface area is 89.2 Å². The molecule has 0 bridgehead atoms. The lowest BCUT2D eigenvalue weighted by Gasteiger charge is -2.14. The molecule has 0 aliphatic rings. The summed E-state index contributed by atoms with van der Waals surface area (Å²) in [5.74, 6) is -0.0170. The second-order valence-corrected chi connectivity index (χ2v) is 4.30. The molecule has 0 amide bonds. The number of halogens is 1. The van der Waals surface area contributed by atoms with Crippen LogP contribution in [0.25, 0.3) is 0 Å². The van der Waals surface area contributed by atoms with Gasteiger partial charge in [0, 0.05) is 5.69 Å². The van der Waals surface area contributed by atoms with Crippen molar-refractivity contribution in [2.75, 3.05) is 5.32 Å². The number of nitrogens with one attached hydrogen (secondary N) is 1. The number of aliphatic imine (C=N–C) groups is 1. The Morgan fingerprint density at radius 2 is 2.07 bits per heavy atom. The molecule has 4 heteroatoms. The van der Waals surface area contributed by atoms with Gasteiger partial charge in [-0.05, 0) is 39.0 Å². The van der Waals surface area contributed by atoms with Crippen LogP contribution in [-0.4, -0.2) is 11.5 Å². The Morgan fingerprint density at radius 1 is 1.40 bits per heavy atom. The van der Waals surface area contributed by atoms with Crippen LogP contribution in [0.1, 0.15) is 20.8 Å². The number of hydrogen-bond acceptors (Lipinski definition) is 1. The summed E-state index contributed by atoms with van der Waals surface area (Å²) in [7, 11) is 0. The molecule has 1 aromatic rings. The molecule has 0 aliphatic heterocycles. The SMILES string of the molecule is CC(C)(C)N=C(N)Nc1cccc(F)c1. The maximum absolute atomic E-state index is 12.8. The van der Waals surface area contributed by atoms with Crippen LogP contribution in [0, 0.1) is 5.82 Å². The summed E-state index contributed by atoms with van der Waals surface area (Å²) in [5.41, 5.74) is 6.01. The molecule has 1 rings (SSSR count). The zero-order valence-electron chi connectivity index (χ0n) is 9.21. The first kappa shape index (κ1) is 11.5. The quantitative estimate of drug-likeness (QED) is 0.551. The van der Waals surface area contributed by atoms with Gasteiger partial charge in [-0.1, -0.05) is 6.07 Å². The first-order chi connectivity index (χ1) is 6.87. The molecule has 1 aromatic carbocycles. The number of rotatable bonds is 1. The maximum Gasteiger partial charge on any atom is 0.193 e. The van der Waals surface area contributed by atoms with Gasteiger partial charge in [-0.15, -0.1) is 0 Å². The average Bonchev–Trinajstić information content (AvgIpc) is 1.99. The Morgan fingerprint density at radius 3 is 2.60 bits per heavy atom. The predicted octanol–water partition coefficient (Wildman–Crippen LogP) is 2.35. The molecule has 0 radical (unpaired) electrons. The molecule has 0 spiro atoms. The molecule has 0 unspecified atom stereocenters. The smallest absolute Gasteiger partial charge is 0.193 e. The van der Waals surface area contributed by atoms with Crippen LogP contribution >= 0.6 is 0 Å². The van der Waals surface area contributed by atoms with E-state index in [1.807, 2.05) is 20.8 Å². The van der Waals surface area contributed by atoms with Crippen LogP contribution in [0.2, 0.25) is 0 Å². The van der Waals surface area contributed by atoms with Crippen LogP contribution in [0.3, 0.4) is 0 Å². The lowest BCUT2D eigenvalue weighted by Crippen LogP contribution is -2.27. The Balaban J connectivity index is 2.75. The number of nitrogens with two attached hydrogens (primary N) is 1. The summed E-state index contributed by atoms with van der Waals surface area (Å²) in [6.07, 6.45) is 0. The fourth-order valence-corrected chi connectivity index (χ4v) is 1.10. The minimum Gasteiger partial charge on any atom is -0.370 e. The van der Waals surface area contributed by atoms with Crippen LogP contribution in [0.15, 0.2) is 29.3 Å². The number of hydrogen-bond donors (Lipinski definition) is 2. The summed E-state index contributed by atoms with van der Waals surface area (Å²) in [6.45, 7) is 5.81. The van der Waals surface area contributed by atoms with Crippen molar-refractivity contribution in [1.29, 1.82) is 0 Å². The number of benzene rings is 1. The molecule has 3 N–H and O–H groups in total. The van der Waals surface area contributed by atoms with Crippen LogP contribution in [-0.2, 0) is 0 Å². The highest BCUT2D eigenvalue weighted by Crippen LogP contribution is 2.10. The van der Waals surface area contributed by atoms with Crippen molar-refractivity contribution in [2.45, 2.75) is 26.3 Å². The molecule has 15 heavy (non-hydrogen) atoms. The lowest BCUT2D eigenvalue weighted by atomic mass is 10.1. The summed E-state index contributed by atoms with van der Waals surface area (Å²) in [4.78, 5) is 4.20. The van der Waals surface area contributed by atoms with Crippen molar-refractivity contribution in [3.05, 3.63) is 30.1 Å². The molecule has 82 valence electrons. The van der Waals surface area contributed by atoms with E-state index < -0.39 is 0 Å². The van der Waals surface area contributed by atoms with Gasteiger partial charge < -0.3 is 11.1 Å². The topological polar surface area (TPSA) is 50.4 Å². The molecule has 3 nitrogen and oxygen atoms in total. The highest BCUT2D eigenvalue weighted by atomic mass is 19.1. The Kier molecular flexibility index (Phi) is 3.29. The van der Waals surface area contributed by atoms with E-state index in [1.165, 1.54) is 12.1 Å². The average molecular weight is 209 g/mol. The van der Waals surface area contributed by atoms with Crippen molar-refractivity contribution in [3.63, 3.8) is 0 Å². The van der Waals surface area contributed by atoms with E-state index in [0.717, 1.165) is 0 Å². The van der Waals surface area contributed by atoms with Crippen molar-refractivity contribution in [3.8, 4) is 0 Å². The van der Waals surface area contributed by atoms with E-state index >= 15 is 0 Å². The molecule has 0 fully saturated rings. The van der Waals surface area contributed by atoms with E-state index in [1.54, 1.807) is 12.1 Å². The van der Waals surface area contributed by atoms with Gasteiger partial charge >= 0.3 is 0 Å². The van der Waals surface area contributed by atoms with Gasteiger partial charge in [0.15, 0.2) is 5.96 Å². The summed E-state index contributed by atoms with van der Waals surface area (Å²) in [6, 6.07) is 6.09. The minimum absolute atomic E-state index is 0.246. The zero-order valence-corrected chi connectivity index (χ0v) is 9.21. The third-order valence-corrected chi connectivity index (χ3v) is 1.55. The van der Waals surface area contributed by atoms with E-state index in [0.29, 0.717) is 5.69 Å². The molecule has 0 aliphatic carbocycles. The first-order valence-corrected chi connectivity index (χ1v) is 4.75. The van der Waals surface area contributed by atoms with Crippen molar-refractivity contribution in [2.24, 2.45) is 10.7 Å². The fourth-order valence-electron chi connectivity index (χ4n) is 1.10. The van der Waals surface area contributed by atoms with Gasteiger partial charge in [0.05, 0.1) is 5.54 Å². The molecule has 0 saturated heterocycles. The third kappa shape index (κ3) is 4.44. The number of anilines is 1. The largest absolute Gasteiger partial charge is 0.370 e. The molecule has 0 heterocycles. The number of guanidine groups is 1. The monoisotopic (exact) mass is 209 g/mol. The van der Waals surface area contributed by atoms with E-state index in [2.05, 4.69) is 10.3 Å². The standard InChI is InChI=1S/C11H16FN3/c1-11(2,3)15-10(13)14-9-6-4-5-8(12)7-9/h4-7H,1-3H3,(H3,13,14,15). The summed E-state index contributed by atoms with van der Waals surface area (Å²) in [5, 5.41) is 2.83. The highest BCUT2D eigenvalue weighted by Gasteiger charge is 2.08. The number of nitrogens with zero attached hydrogens (tertiary/aromatic N) is 1. The van der Waals surface area contributed by atoms with Crippen molar-refractivity contribution >= 4 is 11.6 Å². The van der Waals surface area contributed by atoms with Gasteiger partial charge in [0.25, 0.3) is 0 Å². The molecular weight excluding hydrogens is 193 g/mol. The van der Waals surface area contributed by atoms with Gasteiger partial charge in [0.2, 0.25) is 0 Å². The first-order valence-electron chi connectivity index (χ1n) is 4.75. The second kappa shape index (κ2) is 4.29. The highest BCUT2D eigenvalue weighted by molar-refractivity contribution is 5.92. The molecule has 0 aromatic heterocycles. The van der Waals surface area contributed by atoms with Crippen molar-refractivity contribution < 1.29 is 4.39 Å². The lowest BCUT2D eigenvalue weighted by molar-refractivity contribution is 0.583. The van der Waals surface area contributed by atoms with Crippen LogP contribution < -0.4 is 11.1 Å². The van der Waals surface area contributed by atoms with Crippen LogP contribution in [0.5, 0.6) is 0 Å². The zero-order chi connectivity index (χ0) is 11.5. The molecular formula is C11H16FN3. The minimum atomic E-state index is -0.302. The van der Waals surface area contributed by atoms with Gasteiger partial charge in [-0.2, -0.15) is 0 Å². The third-order valence-electron chi connectivity index (χ3n) is 1.55. The van der Waals surface area contributed by atoms with Gasteiger partial charge in [-0.25, -0.2) is 9.38 Å². The Hall–Kier alpha value is -1.58. The van der Waals surface area contributed by atoms with Crippen LogP contribution in [0.4, 0.5) is 10.1 Å². The van der Waals surface area contributed by atoms with Gasteiger partial charge in [-0.3, -0.25) is 0 Å². The van der Waals surface area contributed by atoms with Crippen molar-refractivity contribution in [1.82, 2.24) is 0 Å². The van der Waals surface area contributed by atoms with Gasteiger partial charge in [0.1, 0.15) is 5.82 Å². The maximum atomic E-state index is 12.8. The second-order valence-electron chi connectivity index (χ2n) is 4.30. The van der Waals surface area contributed by atoms with E-state index in [9.17, 15) is 4.39 Å². The predicted molar refractivity (Wildman–Crippen MR) is 61.4 cm³/mol. The fraction of sp³-hybridized carbons (Fsp3) is 0.364. The normalized spacial score (nSPS) is 12.7. The molecule has 0 atom stereocenters. The Bertz CT molecular complexity index is 366. The summed E-state index contributed by atoms with van der Waals surface area (Å²) < 4.78 is 12.8. The summed E-state index contributed by atoms with van der Waals surface area (Å²) >= 11 is 0. The van der Waals surface area contributed by atoms with E-state index in [4.69, 9.17) is 5.73 Å².